The molecule has 26 heavy (non-hydrogen) atoms. The molecular weight excluding hydrogens is 353 g/mol. The number of nitrogens with zero attached hydrogens (tertiary/aromatic N) is 1. The van der Waals surface area contributed by atoms with Crippen LogP contribution in [-0.4, -0.2) is 24.5 Å². The first-order valence-corrected chi connectivity index (χ1v) is 9.54. The lowest BCUT2D eigenvalue weighted by atomic mass is 9.98. The van der Waals surface area contributed by atoms with Gasteiger partial charge in [-0.15, -0.1) is 11.3 Å². The number of carbonyl (C=O) groups is 1. The van der Waals surface area contributed by atoms with Crippen molar-refractivity contribution in [2.24, 2.45) is 0 Å². The molecule has 2 N–H and O–H groups in total. The van der Waals surface area contributed by atoms with Crippen LogP contribution in [0.1, 0.15) is 53.9 Å². The number of aromatic nitrogens is 1. The number of amides is 1. The third-order valence-electron chi connectivity index (χ3n) is 4.30. The summed E-state index contributed by atoms with van der Waals surface area (Å²) >= 11 is 1.35. The Balaban J connectivity index is 1.91. The van der Waals surface area contributed by atoms with Crippen molar-refractivity contribution in [1.82, 2.24) is 4.98 Å². The Bertz CT molecular complexity index is 827. The molecule has 1 aromatic carbocycles. The Hall–Kier alpha value is -2.15. The number of rotatable bonds is 3. The van der Waals surface area contributed by atoms with Gasteiger partial charge >= 0.3 is 0 Å². The third-order valence-corrected chi connectivity index (χ3v) is 5.72. The van der Waals surface area contributed by atoms with Crippen molar-refractivity contribution in [3.05, 3.63) is 33.5 Å². The lowest BCUT2D eigenvalue weighted by Gasteiger charge is -2.17. The summed E-state index contributed by atoms with van der Waals surface area (Å²) in [5.41, 5.74) is 1.56. The number of hydrogen-bond acceptors (Lipinski definition) is 5. The number of nitrogens with one attached hydrogen (secondary N) is 2. The van der Waals surface area contributed by atoms with Gasteiger partial charge in [-0.3, -0.25) is 4.79 Å². The van der Waals surface area contributed by atoms with Gasteiger partial charge in [-0.05, 0) is 30.9 Å². The maximum absolute atomic E-state index is 14.9. The molecule has 0 fully saturated rings. The fourth-order valence-electron chi connectivity index (χ4n) is 2.93. The predicted octanol–water partition coefficient (Wildman–Crippen LogP) is 4.59. The first-order valence-electron chi connectivity index (χ1n) is 8.72. The van der Waals surface area contributed by atoms with Gasteiger partial charge < -0.3 is 15.4 Å². The molecule has 2 heterocycles. The van der Waals surface area contributed by atoms with Crippen molar-refractivity contribution in [2.45, 2.75) is 45.4 Å². The van der Waals surface area contributed by atoms with E-state index in [9.17, 15) is 9.18 Å². The van der Waals surface area contributed by atoms with Crippen LogP contribution in [0.3, 0.4) is 0 Å². The van der Waals surface area contributed by atoms with Crippen molar-refractivity contribution < 1.29 is 13.9 Å². The Morgan fingerprint density at radius 1 is 1.38 bits per heavy atom. The van der Waals surface area contributed by atoms with Gasteiger partial charge in [0.15, 0.2) is 11.6 Å². The number of fused-ring (bicyclic) bond motifs is 1. The average Bonchev–Trinajstić information content (AvgIpc) is 2.96. The minimum Gasteiger partial charge on any atom is -0.492 e. The van der Waals surface area contributed by atoms with Crippen molar-refractivity contribution in [3.63, 3.8) is 0 Å². The fraction of sp³-hybridized carbons (Fsp3) is 0.474. The summed E-state index contributed by atoms with van der Waals surface area (Å²) in [7, 11) is 1.40. The van der Waals surface area contributed by atoms with E-state index in [0.717, 1.165) is 36.4 Å². The van der Waals surface area contributed by atoms with Crippen LogP contribution in [0, 0.1) is 5.82 Å². The van der Waals surface area contributed by atoms with Gasteiger partial charge in [0.25, 0.3) is 5.91 Å². The molecule has 0 saturated heterocycles. The van der Waals surface area contributed by atoms with E-state index in [1.54, 1.807) is 12.3 Å². The quantitative estimate of drug-likeness (QED) is 0.821. The molecule has 0 radical (unpaired) electrons. The van der Waals surface area contributed by atoms with Crippen molar-refractivity contribution in [1.29, 1.82) is 0 Å². The number of thiazole rings is 1. The normalized spacial score (nSPS) is 14.2. The van der Waals surface area contributed by atoms with E-state index in [0.29, 0.717) is 16.3 Å². The van der Waals surface area contributed by atoms with Crippen LogP contribution < -0.4 is 15.4 Å². The molecule has 0 atom stereocenters. The maximum Gasteiger partial charge on any atom is 0.267 e. The van der Waals surface area contributed by atoms with Crippen LogP contribution >= 0.6 is 11.3 Å². The largest absolute Gasteiger partial charge is 0.492 e. The predicted molar refractivity (Wildman–Crippen MR) is 103 cm³/mol. The molecular formula is C19H24FN3O2S. The molecule has 0 spiro atoms. The summed E-state index contributed by atoms with van der Waals surface area (Å²) in [6, 6.07) is 1.80. The second kappa shape index (κ2) is 7.23. The number of benzene rings is 1. The Kier molecular flexibility index (Phi) is 5.18. The Labute approximate surface area is 157 Å². The second-order valence-corrected chi connectivity index (χ2v) is 8.45. The zero-order chi connectivity index (χ0) is 18.9. The van der Waals surface area contributed by atoms with E-state index in [2.05, 4.69) is 15.6 Å². The summed E-state index contributed by atoms with van der Waals surface area (Å²) in [6.07, 6.45) is 4.28. The second-order valence-electron chi connectivity index (χ2n) is 7.42. The SMILES string of the molecule is COc1c(NC(=O)c2cnc(C(C)(C)C)s2)cc2c(c1F)NCCCC2. The molecule has 2 aromatic rings. The van der Waals surface area contributed by atoms with E-state index >= 15 is 0 Å². The van der Waals surface area contributed by atoms with Gasteiger partial charge in [-0.1, -0.05) is 20.8 Å². The summed E-state index contributed by atoms with van der Waals surface area (Å²) in [5, 5.41) is 6.80. The molecule has 140 valence electrons. The third kappa shape index (κ3) is 3.67. The highest BCUT2D eigenvalue weighted by molar-refractivity contribution is 7.13. The molecule has 0 unspecified atom stereocenters. The zero-order valence-electron chi connectivity index (χ0n) is 15.5. The first-order chi connectivity index (χ1) is 12.3. The Morgan fingerprint density at radius 3 is 2.81 bits per heavy atom. The topological polar surface area (TPSA) is 63.2 Å². The summed E-state index contributed by atoms with van der Waals surface area (Å²) < 4.78 is 20.1. The molecule has 1 aliphatic heterocycles. The molecule has 0 saturated carbocycles. The number of methoxy groups -OCH3 is 1. The van der Waals surface area contributed by atoms with E-state index in [1.807, 2.05) is 20.8 Å². The van der Waals surface area contributed by atoms with Gasteiger partial charge in [-0.25, -0.2) is 9.37 Å². The first kappa shape index (κ1) is 18.6. The molecule has 7 heteroatoms. The van der Waals surface area contributed by atoms with Crippen molar-refractivity contribution >= 4 is 28.6 Å². The molecule has 1 amide bonds. The number of halogens is 1. The molecule has 0 aliphatic carbocycles. The standard InChI is InChI=1S/C19H24FN3O2S/c1-19(2,3)18-22-10-13(26-18)17(24)23-12-9-11-7-5-6-8-21-15(11)14(20)16(12)25-4/h9-10,21H,5-8H2,1-4H3,(H,23,24). The van der Waals surface area contributed by atoms with Crippen LogP contribution in [0.25, 0.3) is 0 Å². The monoisotopic (exact) mass is 377 g/mol. The lowest BCUT2D eigenvalue weighted by molar-refractivity contribution is 0.103. The van der Waals surface area contributed by atoms with Crippen LogP contribution in [0.15, 0.2) is 12.3 Å². The minimum atomic E-state index is -0.457. The highest BCUT2D eigenvalue weighted by Gasteiger charge is 2.24. The molecule has 3 rings (SSSR count). The number of carbonyl (C=O) groups excluding carboxylic acids is 1. The average molecular weight is 377 g/mol. The van der Waals surface area contributed by atoms with Gasteiger partial charge in [0.05, 0.1) is 29.7 Å². The van der Waals surface area contributed by atoms with Gasteiger partial charge in [0, 0.05) is 12.0 Å². The highest BCUT2D eigenvalue weighted by atomic mass is 32.1. The smallest absolute Gasteiger partial charge is 0.267 e. The maximum atomic E-state index is 14.9. The van der Waals surface area contributed by atoms with Crippen LogP contribution in [0.5, 0.6) is 5.75 Å². The van der Waals surface area contributed by atoms with Crippen LogP contribution in [0.2, 0.25) is 0 Å². The van der Waals surface area contributed by atoms with Gasteiger partial charge in [0.1, 0.15) is 4.88 Å². The van der Waals surface area contributed by atoms with Crippen LogP contribution in [-0.2, 0) is 11.8 Å². The number of anilines is 2. The Morgan fingerprint density at radius 2 is 2.15 bits per heavy atom. The molecule has 1 aliphatic rings. The number of aryl methyl sites for hydroxylation is 1. The number of ether oxygens (including phenoxy) is 1. The van der Waals surface area contributed by atoms with E-state index < -0.39 is 5.82 Å². The summed E-state index contributed by atoms with van der Waals surface area (Å²) in [5.74, 6) is -0.717. The van der Waals surface area contributed by atoms with Crippen molar-refractivity contribution in [2.75, 3.05) is 24.3 Å². The summed E-state index contributed by atoms with van der Waals surface area (Å²) in [6.45, 7) is 6.87. The highest BCUT2D eigenvalue weighted by Crippen LogP contribution is 2.38. The van der Waals surface area contributed by atoms with E-state index in [4.69, 9.17) is 4.74 Å². The molecule has 5 nitrogen and oxygen atoms in total. The lowest BCUT2D eigenvalue weighted by Crippen LogP contribution is -2.13. The van der Waals surface area contributed by atoms with E-state index in [1.165, 1.54) is 18.4 Å². The van der Waals surface area contributed by atoms with Gasteiger partial charge in [-0.2, -0.15) is 0 Å². The number of hydrogen-bond donors (Lipinski definition) is 2. The molecule has 1 aromatic heterocycles. The zero-order valence-corrected chi connectivity index (χ0v) is 16.3. The van der Waals surface area contributed by atoms with E-state index in [-0.39, 0.29) is 17.1 Å². The minimum absolute atomic E-state index is 0.0482. The molecule has 0 bridgehead atoms. The van der Waals surface area contributed by atoms with Crippen molar-refractivity contribution in [3.8, 4) is 5.75 Å². The fourth-order valence-corrected chi connectivity index (χ4v) is 3.80. The van der Waals surface area contributed by atoms with Gasteiger partial charge in [0.2, 0.25) is 0 Å². The summed E-state index contributed by atoms with van der Waals surface area (Å²) in [4.78, 5) is 17.5. The van der Waals surface area contributed by atoms with Crippen LogP contribution in [0.4, 0.5) is 15.8 Å².